The highest BCUT2D eigenvalue weighted by Gasteiger charge is 2.24. The average molecular weight is 210 g/mol. The highest BCUT2D eigenvalue weighted by atomic mass is 32.2. The smallest absolute Gasteiger partial charge is 0.0258 e. The second-order valence-electron chi connectivity index (χ2n) is 4.06. The lowest BCUT2D eigenvalue weighted by Gasteiger charge is -2.31. The van der Waals surface area contributed by atoms with E-state index in [2.05, 4.69) is 56.8 Å². The zero-order valence-electron chi connectivity index (χ0n) is 9.57. The third-order valence-corrected chi connectivity index (χ3v) is 4.53. The summed E-state index contributed by atoms with van der Waals surface area (Å²) in [6.45, 7) is 6.81. The van der Waals surface area contributed by atoms with Gasteiger partial charge in [0, 0.05) is 11.0 Å². The molecule has 0 spiro atoms. The molecule has 0 amide bonds. The van der Waals surface area contributed by atoms with E-state index in [1.165, 1.54) is 12.8 Å². The van der Waals surface area contributed by atoms with E-state index in [1.54, 1.807) is 0 Å². The van der Waals surface area contributed by atoms with E-state index in [9.17, 15) is 0 Å². The number of rotatable bonds is 4. The standard InChI is InChI=1S/C13H22S/c1-4-6-10-14-13-9-7-8-12(5-2)11(13)3/h4,6-7,9,11-13H,5,8,10H2,1-3H3/b6-4-. The first-order valence-electron chi connectivity index (χ1n) is 5.69. The van der Waals surface area contributed by atoms with Crippen LogP contribution in [0, 0.1) is 11.8 Å². The monoisotopic (exact) mass is 210 g/mol. The van der Waals surface area contributed by atoms with Gasteiger partial charge in [0.1, 0.15) is 0 Å². The molecule has 0 aromatic rings. The van der Waals surface area contributed by atoms with E-state index < -0.39 is 0 Å². The van der Waals surface area contributed by atoms with Gasteiger partial charge < -0.3 is 0 Å². The molecule has 0 aromatic heterocycles. The van der Waals surface area contributed by atoms with Crippen molar-refractivity contribution in [3.8, 4) is 0 Å². The van der Waals surface area contributed by atoms with E-state index in [4.69, 9.17) is 0 Å². The predicted octanol–water partition coefficient (Wildman–Crippen LogP) is 4.29. The van der Waals surface area contributed by atoms with E-state index in [1.807, 2.05) is 0 Å². The van der Waals surface area contributed by atoms with Crippen LogP contribution in [0.1, 0.15) is 33.6 Å². The van der Waals surface area contributed by atoms with Crippen LogP contribution >= 0.6 is 11.8 Å². The van der Waals surface area contributed by atoms with Crippen molar-refractivity contribution in [2.24, 2.45) is 11.8 Å². The van der Waals surface area contributed by atoms with Gasteiger partial charge in [-0.3, -0.25) is 0 Å². The summed E-state index contributed by atoms with van der Waals surface area (Å²) in [7, 11) is 0. The minimum Gasteiger partial charge on any atom is -0.150 e. The van der Waals surface area contributed by atoms with Gasteiger partial charge in [-0.25, -0.2) is 0 Å². The number of allylic oxidation sites excluding steroid dienone is 2. The highest BCUT2D eigenvalue weighted by molar-refractivity contribution is 8.00. The molecule has 0 N–H and O–H groups in total. The molecule has 1 aliphatic carbocycles. The van der Waals surface area contributed by atoms with Crippen LogP contribution in [0.5, 0.6) is 0 Å². The fourth-order valence-corrected chi connectivity index (χ4v) is 3.33. The van der Waals surface area contributed by atoms with Gasteiger partial charge in [0.05, 0.1) is 0 Å². The lowest BCUT2D eigenvalue weighted by atomic mass is 9.82. The summed E-state index contributed by atoms with van der Waals surface area (Å²) in [5.74, 6) is 2.91. The van der Waals surface area contributed by atoms with Crippen LogP contribution in [-0.4, -0.2) is 11.0 Å². The molecule has 3 atom stereocenters. The molecule has 0 aromatic carbocycles. The number of hydrogen-bond acceptors (Lipinski definition) is 1. The number of hydrogen-bond donors (Lipinski definition) is 0. The second kappa shape index (κ2) is 6.34. The van der Waals surface area contributed by atoms with Gasteiger partial charge in [0.25, 0.3) is 0 Å². The van der Waals surface area contributed by atoms with Crippen LogP contribution in [0.15, 0.2) is 24.3 Å². The van der Waals surface area contributed by atoms with Crippen molar-refractivity contribution in [2.75, 3.05) is 5.75 Å². The third-order valence-electron chi connectivity index (χ3n) is 3.17. The summed E-state index contributed by atoms with van der Waals surface area (Å²) in [6.07, 6.45) is 11.8. The van der Waals surface area contributed by atoms with Crippen LogP contribution in [-0.2, 0) is 0 Å². The average Bonchev–Trinajstić information content (AvgIpc) is 2.21. The van der Waals surface area contributed by atoms with Gasteiger partial charge in [0.15, 0.2) is 0 Å². The van der Waals surface area contributed by atoms with Crippen molar-refractivity contribution >= 4 is 11.8 Å². The second-order valence-corrected chi connectivity index (χ2v) is 5.27. The molecule has 1 rings (SSSR count). The molecule has 0 nitrogen and oxygen atoms in total. The Morgan fingerprint density at radius 3 is 2.93 bits per heavy atom. The first kappa shape index (κ1) is 11.9. The molecule has 0 fully saturated rings. The van der Waals surface area contributed by atoms with Crippen LogP contribution in [0.25, 0.3) is 0 Å². The van der Waals surface area contributed by atoms with E-state index in [-0.39, 0.29) is 0 Å². The van der Waals surface area contributed by atoms with Gasteiger partial charge in [-0.05, 0) is 25.2 Å². The quantitative estimate of drug-likeness (QED) is 0.624. The summed E-state index contributed by atoms with van der Waals surface area (Å²) in [6, 6.07) is 0. The summed E-state index contributed by atoms with van der Waals surface area (Å²) in [4.78, 5) is 0. The molecule has 0 saturated carbocycles. The van der Waals surface area contributed by atoms with Crippen molar-refractivity contribution in [3.63, 3.8) is 0 Å². The Morgan fingerprint density at radius 1 is 1.50 bits per heavy atom. The summed E-state index contributed by atoms with van der Waals surface area (Å²) in [5, 5.41) is 0.741. The maximum Gasteiger partial charge on any atom is 0.0258 e. The Bertz CT molecular complexity index is 205. The van der Waals surface area contributed by atoms with Crippen molar-refractivity contribution in [2.45, 2.75) is 38.9 Å². The Labute approximate surface area is 92.9 Å². The minimum absolute atomic E-state index is 0.741. The van der Waals surface area contributed by atoms with Crippen molar-refractivity contribution < 1.29 is 0 Å². The molecule has 0 saturated heterocycles. The highest BCUT2D eigenvalue weighted by Crippen LogP contribution is 2.34. The fourth-order valence-electron chi connectivity index (χ4n) is 2.05. The summed E-state index contributed by atoms with van der Waals surface area (Å²) >= 11 is 2.08. The largest absolute Gasteiger partial charge is 0.150 e. The normalized spacial score (nSPS) is 32.6. The van der Waals surface area contributed by atoms with Crippen LogP contribution in [0.2, 0.25) is 0 Å². The Kier molecular flexibility index (Phi) is 5.39. The molecular formula is C13H22S. The fraction of sp³-hybridized carbons (Fsp3) is 0.692. The van der Waals surface area contributed by atoms with E-state index >= 15 is 0 Å². The first-order valence-corrected chi connectivity index (χ1v) is 6.73. The molecule has 0 radical (unpaired) electrons. The van der Waals surface area contributed by atoms with Crippen molar-refractivity contribution in [3.05, 3.63) is 24.3 Å². The molecule has 0 heterocycles. The van der Waals surface area contributed by atoms with Gasteiger partial charge in [-0.2, -0.15) is 0 Å². The van der Waals surface area contributed by atoms with Gasteiger partial charge in [-0.15, -0.1) is 11.8 Å². The van der Waals surface area contributed by atoms with Crippen molar-refractivity contribution in [1.29, 1.82) is 0 Å². The lowest BCUT2D eigenvalue weighted by molar-refractivity contribution is 0.346. The molecule has 1 aliphatic rings. The van der Waals surface area contributed by atoms with Crippen LogP contribution < -0.4 is 0 Å². The zero-order valence-corrected chi connectivity index (χ0v) is 10.4. The van der Waals surface area contributed by atoms with E-state index in [0.717, 1.165) is 22.8 Å². The molecule has 3 unspecified atom stereocenters. The minimum atomic E-state index is 0.741. The molecule has 1 heteroatoms. The molecule has 0 bridgehead atoms. The van der Waals surface area contributed by atoms with Gasteiger partial charge >= 0.3 is 0 Å². The maximum absolute atomic E-state index is 2.41. The molecule has 0 aliphatic heterocycles. The van der Waals surface area contributed by atoms with E-state index in [0.29, 0.717) is 0 Å². The first-order chi connectivity index (χ1) is 6.79. The zero-order chi connectivity index (χ0) is 10.4. The molecular weight excluding hydrogens is 188 g/mol. The Balaban J connectivity index is 2.43. The summed E-state index contributed by atoms with van der Waals surface area (Å²) < 4.78 is 0. The third kappa shape index (κ3) is 3.20. The van der Waals surface area contributed by atoms with Crippen LogP contribution in [0.4, 0.5) is 0 Å². The molecule has 80 valence electrons. The Hall–Kier alpha value is -0.170. The predicted molar refractivity (Wildman–Crippen MR) is 67.8 cm³/mol. The topological polar surface area (TPSA) is 0 Å². The summed E-state index contributed by atoms with van der Waals surface area (Å²) in [5.41, 5.74) is 0. The van der Waals surface area contributed by atoms with Gasteiger partial charge in [-0.1, -0.05) is 44.6 Å². The van der Waals surface area contributed by atoms with Crippen molar-refractivity contribution in [1.82, 2.24) is 0 Å². The SMILES string of the molecule is C/C=C\CSC1C=CCC(CC)C1C. The molecule has 14 heavy (non-hydrogen) atoms. The maximum atomic E-state index is 2.41. The Morgan fingerprint density at radius 2 is 2.29 bits per heavy atom. The lowest BCUT2D eigenvalue weighted by Crippen LogP contribution is -2.24. The van der Waals surface area contributed by atoms with Gasteiger partial charge in [0.2, 0.25) is 0 Å². The number of thioether (sulfide) groups is 1. The van der Waals surface area contributed by atoms with Crippen LogP contribution in [0.3, 0.4) is 0 Å².